The Morgan fingerprint density at radius 2 is 1.12 bits per heavy atom. The van der Waals surface area contributed by atoms with E-state index in [9.17, 15) is 43.8 Å². The summed E-state index contributed by atoms with van der Waals surface area (Å²) in [6.07, 6.45) is 0.694. The minimum Gasteiger partial charge on any atom is -1.00 e. The van der Waals surface area contributed by atoms with Gasteiger partial charge in [-0.05, 0) is 70.1 Å². The molecule has 0 spiro atoms. The normalized spacial score (nSPS) is 33.4. The van der Waals surface area contributed by atoms with Gasteiger partial charge < -0.3 is 138 Å². The SMILES string of the molecule is C.C.CC[C@@H]1OC(=O)C[C@H]1C.CC[C@@H]1OC(C)C[C@H]1C.CC[C@@H]1OC(O)C[C@H]1C.CC[C@@H]1O[C@@H](Cl)C[C@H]1C.Cc1c[nH]c(=O)[nH]c1=O.Cl.O=C([O-])C[C@@H](O)C1CO1.O=C1C[C@@H](O)[C@@H](CI)O1.O=C1C[C@@H](O)[C@H](CO)O1.O=C1O[C@H](CBr)[C@H](O)[C@@H]1Br.OC1OC[C@@H](O)[C@H](O)[C@H]1O.[H+].[I-].[K+].[K+].[K+].[OH-]. The number of esters is 4. The van der Waals surface area contributed by atoms with Crippen LogP contribution in [0.25, 0.3) is 0 Å². The molecule has 9 fully saturated rings. The first-order valence-electron chi connectivity index (χ1n) is 30.7. The van der Waals surface area contributed by atoms with Crippen LogP contribution in [0.4, 0.5) is 0 Å². The number of aliphatic hydroxyl groups excluding tert-OH is 10. The molecule has 10 rings (SSSR count). The van der Waals surface area contributed by atoms with Crippen molar-refractivity contribution in [3.63, 3.8) is 0 Å². The zero-order chi connectivity index (χ0) is 70.3. The molecule has 0 amide bonds. The number of aliphatic carboxylic acids is 1. The van der Waals surface area contributed by atoms with E-state index in [1.54, 1.807) is 6.92 Å². The molecular weight excluding hydrogens is 1810 g/mol. The van der Waals surface area contributed by atoms with Gasteiger partial charge in [0.15, 0.2) is 18.7 Å². The molecule has 9 aliphatic heterocycles. The number of nitrogens with one attached hydrogen (secondary N) is 2. The van der Waals surface area contributed by atoms with E-state index in [4.69, 9.17) is 86.0 Å². The van der Waals surface area contributed by atoms with E-state index < -0.39 is 95.9 Å². The molecule has 9 saturated heterocycles. The number of aryl methyl sites for hydroxylation is 1. The predicted molar refractivity (Wildman–Crippen MR) is 367 cm³/mol. The van der Waals surface area contributed by atoms with Crippen molar-refractivity contribution < 1.29 is 308 Å². The topological polar surface area (TPSA) is 493 Å². The molecule has 0 saturated carbocycles. The molecule has 1 aromatic rings. The molecule has 13 N–H and O–H groups in total. The number of ether oxygens (including phenoxy) is 9. The molecule has 0 aliphatic carbocycles. The smallest absolute Gasteiger partial charge is 1.00 e. The van der Waals surface area contributed by atoms with E-state index in [0.717, 1.165) is 38.0 Å². The Bertz CT molecular complexity index is 2300. The molecule has 1 aromatic heterocycles. The fourth-order valence-corrected chi connectivity index (χ4v) is 11.8. The van der Waals surface area contributed by atoms with E-state index >= 15 is 0 Å². The maximum Gasteiger partial charge on any atom is 1.00 e. The molecule has 10 heterocycles. The van der Waals surface area contributed by atoms with Crippen LogP contribution >= 0.6 is 78.5 Å². The zero-order valence-corrected chi connectivity index (χ0v) is 76.3. The van der Waals surface area contributed by atoms with Crippen molar-refractivity contribution in [1.29, 1.82) is 0 Å². The molecule has 24 atom stereocenters. The molecule has 100 heavy (non-hydrogen) atoms. The van der Waals surface area contributed by atoms with Crippen LogP contribution in [0.3, 0.4) is 0 Å². The molecular formula is C61H110Br2Cl2I2K3N2O28+. The third-order valence-electron chi connectivity index (χ3n) is 15.3. The Balaban J connectivity index is -0.000000132. The minimum atomic E-state index is -1.41. The molecule has 0 aromatic carbocycles. The summed E-state index contributed by atoms with van der Waals surface area (Å²) in [6.45, 7) is 20.9. The number of carboxylic acids is 1. The molecule has 576 valence electrons. The number of aromatic amines is 2. The first-order valence-corrected chi connectivity index (χ1v) is 34.7. The van der Waals surface area contributed by atoms with Crippen molar-refractivity contribution in [3.8, 4) is 0 Å². The number of carbonyl (C=O) groups is 5. The fraction of sp³-hybridized carbons (Fsp3) is 0.852. The number of carbonyl (C=O) groups excluding carboxylic acids is 5. The quantitative estimate of drug-likeness (QED) is 0.0258. The number of alkyl halides is 4. The third-order valence-corrected chi connectivity index (χ3v) is 18.0. The van der Waals surface area contributed by atoms with Crippen LogP contribution in [-0.2, 0) is 66.6 Å². The molecule has 4 unspecified atom stereocenters. The van der Waals surface area contributed by atoms with Crippen LogP contribution in [0.5, 0.6) is 0 Å². The van der Waals surface area contributed by atoms with Crippen LogP contribution in [0.1, 0.15) is 155 Å². The predicted octanol–water partition coefficient (Wildman–Crippen LogP) is -9.41. The summed E-state index contributed by atoms with van der Waals surface area (Å²) in [4.78, 5) is 76.6. The minimum absolute atomic E-state index is 0. The summed E-state index contributed by atoms with van der Waals surface area (Å²) in [6, 6.07) is 0. The van der Waals surface area contributed by atoms with Gasteiger partial charge in [0.1, 0.15) is 71.4 Å². The van der Waals surface area contributed by atoms with Crippen LogP contribution in [0, 0.1) is 30.6 Å². The number of halogens is 6. The van der Waals surface area contributed by atoms with Gasteiger partial charge in [-0.2, -0.15) is 0 Å². The van der Waals surface area contributed by atoms with Gasteiger partial charge in [0.2, 0.25) is 0 Å². The van der Waals surface area contributed by atoms with Gasteiger partial charge in [-0.15, -0.1) is 12.4 Å². The average molecular weight is 1920 g/mol. The average Bonchev–Trinajstić information content (AvgIpc) is 1.74. The Labute approximate surface area is 775 Å². The first kappa shape index (κ1) is 119. The van der Waals surface area contributed by atoms with Gasteiger partial charge in [-0.25, -0.2) is 4.79 Å². The largest absolute Gasteiger partial charge is 1.00 e. The van der Waals surface area contributed by atoms with E-state index in [2.05, 4.69) is 134 Å². The fourth-order valence-electron chi connectivity index (χ4n) is 9.63. The van der Waals surface area contributed by atoms with Crippen LogP contribution < -0.4 is 194 Å². The van der Waals surface area contributed by atoms with Crippen molar-refractivity contribution in [2.24, 2.45) is 23.7 Å². The Morgan fingerprint density at radius 3 is 1.37 bits per heavy atom. The molecule has 30 nitrogen and oxygen atoms in total. The Hall–Kier alpha value is 3.30. The van der Waals surface area contributed by atoms with Crippen LogP contribution in [0.15, 0.2) is 15.8 Å². The van der Waals surface area contributed by atoms with Crippen molar-refractivity contribution in [1.82, 2.24) is 9.97 Å². The molecule has 0 bridgehead atoms. The summed E-state index contributed by atoms with van der Waals surface area (Å²) in [5.41, 5.74) is -0.316. The number of cyclic esters (lactones) is 4. The maximum absolute atomic E-state index is 10.7. The van der Waals surface area contributed by atoms with Crippen LogP contribution in [0.2, 0.25) is 0 Å². The second-order valence-corrected chi connectivity index (χ2v) is 26.2. The summed E-state index contributed by atoms with van der Waals surface area (Å²) < 4.78 is 44.9. The summed E-state index contributed by atoms with van der Waals surface area (Å²) in [7, 11) is 0. The van der Waals surface area contributed by atoms with E-state index in [0.29, 0.717) is 70.5 Å². The van der Waals surface area contributed by atoms with Crippen molar-refractivity contribution in [2.75, 3.05) is 29.6 Å². The Morgan fingerprint density at radius 1 is 0.660 bits per heavy atom. The number of hydrogen-bond donors (Lipinski definition) is 12. The number of epoxide rings is 1. The number of carboxylic acid groups (broad SMARTS) is 1. The maximum atomic E-state index is 10.7. The molecule has 39 heteroatoms. The first-order chi connectivity index (χ1) is 43.1. The van der Waals surface area contributed by atoms with Gasteiger partial charge in [0, 0.05) is 46.2 Å². The zero-order valence-electron chi connectivity index (χ0n) is 58.9. The number of H-pyrrole nitrogens is 2. The second-order valence-electron chi connectivity index (χ2n) is 23.2. The third kappa shape index (κ3) is 47.6. The van der Waals surface area contributed by atoms with Gasteiger partial charge >= 0.3 is 185 Å². The second kappa shape index (κ2) is 64.8. The summed E-state index contributed by atoms with van der Waals surface area (Å²) in [5.74, 6) is 0.00464. The number of rotatable bonds is 10. The van der Waals surface area contributed by atoms with E-state index in [1.165, 1.54) is 19.0 Å². The Kier molecular flexibility index (Phi) is 77.1. The van der Waals surface area contributed by atoms with Gasteiger partial charge in [-0.3, -0.25) is 29.0 Å². The summed E-state index contributed by atoms with van der Waals surface area (Å²) in [5, 5.41) is 98.8. The summed E-state index contributed by atoms with van der Waals surface area (Å²) >= 11 is 14.0. The number of aromatic nitrogens is 2. The number of aliphatic hydroxyl groups is 10. The van der Waals surface area contributed by atoms with Crippen molar-refractivity contribution in [3.05, 3.63) is 32.6 Å². The van der Waals surface area contributed by atoms with E-state index in [1.807, 2.05) is 6.92 Å². The van der Waals surface area contributed by atoms with Gasteiger partial charge in [-0.1, -0.05) is 136 Å². The van der Waals surface area contributed by atoms with Crippen molar-refractivity contribution in [2.45, 2.75) is 275 Å². The number of hydrogen-bond acceptors (Lipinski definition) is 28. The van der Waals surface area contributed by atoms with Crippen molar-refractivity contribution >= 4 is 108 Å². The van der Waals surface area contributed by atoms with Gasteiger partial charge in [0.05, 0.1) is 69.6 Å². The standard InChI is InChI=1S/C8H16O.C7H13ClO.C7H14O2.C7H12O2.C5H6Br2O3.C5H7IO3.C5H6N2O2.C5H10O5.2C5H8O4.2CH4.ClH.HI.3K.H2O/c1-4-8-6(2)5-7(3)9-8;3*1-3-6-5(2)4-7(8)9-6;6-1-2-4(8)3(7)5(9)10-2;6-2-4-3(7)1-5(8)9-4;1-3-2-6-5(9)7-4(3)8;6-2-1-10-5(9)4(8)3(2)7;6-3(1-5(7)8)4-2-9-4;6-2-4-3(7)1-5(8)9-4;;;;;;;;/h6-8H,4-5H2,1-3H3;5-7H,3-4H2,1-2H3;5-8H,3-4H2,1-2H3;5-6H,3-4H2,1-2H3;2-4,8H,1H2;3-4,7H,1-2H2;2H,1H3,(H2,6,7,8,9);2-9H,1H2;3-4,6H,1-2H2,(H,7,8);3-4,6-7H,1-2H2;2*1H4;2*1H;;;;1H2/q;;;;;;;;;;;;;;3*+1;/p-2/t6-,7?,8+;5-,6+,7-;5-,6+,7?;5-,6+;2-,3+,4+;3-,4-;;2-,3+,4-,5?;3-,4?;3-,4+;;;;;;;;/m111111.111......../s1. The van der Waals surface area contributed by atoms with E-state index in [-0.39, 0.29) is 286 Å². The molecule has 0 radical (unpaired) electrons. The monoisotopic (exact) mass is 1920 g/mol. The van der Waals surface area contributed by atoms with Crippen LogP contribution in [-0.4, -0.2) is 247 Å². The van der Waals surface area contributed by atoms with Gasteiger partial charge in [0.25, 0.3) is 5.56 Å². The molecule has 9 aliphatic rings.